The largest absolute Gasteiger partial charge is 0.481 e. The highest BCUT2D eigenvalue weighted by atomic mass is 35.5. The molecular formula is C109H151Cl2N15O5. The van der Waals surface area contributed by atoms with E-state index in [2.05, 4.69) is 102 Å². The minimum absolute atomic E-state index is 0.0216. The average Bonchev–Trinajstić information content (AvgIpc) is 1.82. The summed E-state index contributed by atoms with van der Waals surface area (Å²) in [5, 5.41) is 55.7. The highest BCUT2D eigenvalue weighted by molar-refractivity contribution is 6.30. The summed E-state index contributed by atoms with van der Waals surface area (Å²) in [6.45, 7) is 15.5. The van der Waals surface area contributed by atoms with Gasteiger partial charge in [-0.25, -0.2) is 4.98 Å². The number of carboxylic acid groups (broad SMARTS) is 1. The third kappa shape index (κ3) is 42.6. The zero-order valence-electron chi connectivity index (χ0n) is 79.4. The molecule has 706 valence electrons. The summed E-state index contributed by atoms with van der Waals surface area (Å²) in [6, 6.07) is 47.3. The van der Waals surface area contributed by atoms with Crippen molar-refractivity contribution in [2.45, 2.75) is 337 Å². The molecule has 0 spiro atoms. The summed E-state index contributed by atoms with van der Waals surface area (Å²) in [7, 11) is 0. The Morgan fingerprint density at radius 1 is 0.374 bits per heavy atom. The van der Waals surface area contributed by atoms with Gasteiger partial charge in [0.25, 0.3) is 0 Å². The van der Waals surface area contributed by atoms with Crippen LogP contribution >= 0.6 is 23.2 Å². The molecule has 0 saturated heterocycles. The van der Waals surface area contributed by atoms with Gasteiger partial charge >= 0.3 is 5.97 Å². The Morgan fingerprint density at radius 3 is 1.05 bits per heavy atom. The number of aliphatic carboxylic acids is 1. The lowest BCUT2D eigenvalue weighted by Gasteiger charge is -2.27. The summed E-state index contributed by atoms with van der Waals surface area (Å²) in [6.07, 6.45) is 57.3. The minimum atomic E-state index is -0.650. The van der Waals surface area contributed by atoms with Crippen molar-refractivity contribution in [1.82, 2.24) is 45.0 Å². The molecule has 131 heavy (non-hydrogen) atoms. The van der Waals surface area contributed by atoms with Crippen LogP contribution in [0.5, 0.6) is 0 Å². The average molecular weight is 1820 g/mol. The minimum Gasteiger partial charge on any atom is -0.481 e. The van der Waals surface area contributed by atoms with Gasteiger partial charge in [-0.15, -0.1) is 0 Å². The molecule has 8 aromatic rings. The molecule has 22 heteroatoms. The van der Waals surface area contributed by atoms with E-state index in [1.165, 1.54) is 212 Å². The van der Waals surface area contributed by atoms with Gasteiger partial charge in [0, 0.05) is 106 Å². The molecule has 7 N–H and O–H groups in total. The van der Waals surface area contributed by atoms with E-state index in [0.717, 1.165) is 82.8 Å². The fourth-order valence-electron chi connectivity index (χ4n) is 19.9. The lowest BCUT2D eigenvalue weighted by atomic mass is 9.82. The first-order chi connectivity index (χ1) is 63.5. The standard InChI is InChI=1S/C33H36ClN7O.C26H29ClN6O.C19H26N2O.C11H20O2.2C10H20/c34-28-10-6-9-27(17-28)23-37-33-39-30(20-31(40-33)41-15-4-5-16-41)38-29(18-24-7-2-1-3-8-24)19-32(42)36-22-26-13-11-25(21-35)12-14-26;27-26-31-23(16-24(32-26)33-12-4-5-13-33)30-22(14-19-6-2-1-3-7-19)15-25(34)29-18-21-10-8-20(17-28)9-11-21;1-15(11-16-5-3-2-4-6-16)12-19(22)21-14-18-9-7-17(13-20)8-10-18;1-9(8-11(12)13)7-10-5-3-2-4-6-10;2*1-9(2)8-10-6-4-3-5-7-10/h4-6,9-17,20,24,29H,1-3,7-8,18-19,22-23H2,(H,36,42)(H2,37,38,39,40);4-5,8-13,16,19,22H,1-3,6-7,14-15,18H2,(H,29,34)(H,30,31,32);7-10,15-16H,2-6,11-12,14H2,1H3,(H,21,22);9-10H,2-8H2,1H3,(H,12,13);2*9-10H,3-8H2,1-2H3/t29-;22-;15-;9-;;/m1111../s1. The number of carbonyl (C=O) groups excluding carboxylic acids is 3. The molecule has 4 aromatic carbocycles. The van der Waals surface area contributed by atoms with Crippen molar-refractivity contribution in [3.8, 4) is 29.8 Å². The number of nitrogens with one attached hydrogen (secondary N) is 6. The lowest BCUT2D eigenvalue weighted by Crippen LogP contribution is -2.33. The van der Waals surface area contributed by atoms with Crippen LogP contribution < -0.4 is 31.9 Å². The SMILES string of the molecule is CC(C)CC1CCCCC1.CC(C)CC1CCCCC1.C[C@@H](CC(=O)NCc1ccc(C#N)cc1)CC1CCCCC1.C[C@@H](CC(=O)O)CC1CCCCC1.N#Cc1ccc(CNC(=O)C[C@@H](CC2CCCCC2)Nc2cc(-n3cccc3)nc(Cl)n2)cc1.N#Cc1ccc(CNC(=O)C[C@@H](CC2CCCCC2)Nc2cc(-n3cccc3)nc(NCc3cccc(Cl)c3)n2)cc1. The van der Waals surface area contributed by atoms with Crippen LogP contribution in [0, 0.1) is 93.2 Å². The van der Waals surface area contributed by atoms with E-state index in [0.29, 0.717) is 121 Å². The first-order valence-corrected chi connectivity index (χ1v) is 50.5. The van der Waals surface area contributed by atoms with Crippen LogP contribution in [0.15, 0.2) is 158 Å². The van der Waals surface area contributed by atoms with Gasteiger partial charge in [0.2, 0.25) is 29.0 Å². The van der Waals surface area contributed by atoms with E-state index in [9.17, 15) is 19.2 Å². The fourth-order valence-corrected chi connectivity index (χ4v) is 20.3. The molecule has 0 bridgehead atoms. The second-order valence-corrected chi connectivity index (χ2v) is 39.8. The topological polar surface area (TPSA) is 293 Å². The highest BCUT2D eigenvalue weighted by Gasteiger charge is 2.27. The summed E-state index contributed by atoms with van der Waals surface area (Å²) < 4.78 is 3.82. The van der Waals surface area contributed by atoms with Crippen LogP contribution in [0.4, 0.5) is 17.6 Å². The number of nitriles is 3. The van der Waals surface area contributed by atoms with Crippen LogP contribution in [0.1, 0.15) is 337 Å². The molecule has 0 aliphatic heterocycles. The predicted octanol–water partition coefficient (Wildman–Crippen LogP) is 26.6. The predicted molar refractivity (Wildman–Crippen MR) is 532 cm³/mol. The third-order valence-electron chi connectivity index (χ3n) is 26.5. The number of hydrogen-bond acceptors (Lipinski definition) is 14. The number of nitrogens with zero attached hydrogens (tertiary/aromatic N) is 9. The third-order valence-corrected chi connectivity index (χ3v) is 26.9. The van der Waals surface area contributed by atoms with Crippen LogP contribution in [0.25, 0.3) is 11.6 Å². The van der Waals surface area contributed by atoms with E-state index >= 15 is 0 Å². The van der Waals surface area contributed by atoms with Gasteiger partial charge in [0.05, 0.1) is 34.9 Å². The second-order valence-electron chi connectivity index (χ2n) is 39.1. The number of hydrogen-bond donors (Lipinski definition) is 7. The molecule has 4 heterocycles. The van der Waals surface area contributed by atoms with Crippen molar-refractivity contribution in [2.75, 3.05) is 16.0 Å². The van der Waals surface area contributed by atoms with Crippen LogP contribution in [0.3, 0.4) is 0 Å². The number of aromatic nitrogens is 6. The lowest BCUT2D eigenvalue weighted by molar-refractivity contribution is -0.138. The van der Waals surface area contributed by atoms with Gasteiger partial charge in [0.15, 0.2) is 0 Å². The van der Waals surface area contributed by atoms with Crippen molar-refractivity contribution in [2.24, 2.45) is 59.2 Å². The van der Waals surface area contributed by atoms with Crippen molar-refractivity contribution >= 4 is 64.5 Å². The molecule has 6 aliphatic rings. The molecule has 0 radical (unpaired) electrons. The molecule has 3 amide bonds. The first-order valence-electron chi connectivity index (χ1n) is 49.8. The van der Waals surface area contributed by atoms with E-state index in [1.807, 2.05) is 131 Å². The normalized spacial score (nSPS) is 16.6. The van der Waals surface area contributed by atoms with Gasteiger partial charge < -0.3 is 46.1 Å². The summed E-state index contributed by atoms with van der Waals surface area (Å²) in [5.41, 5.74) is 5.84. The van der Waals surface area contributed by atoms with Crippen LogP contribution in [-0.4, -0.2) is 70.0 Å². The van der Waals surface area contributed by atoms with Gasteiger partial charge in [-0.2, -0.15) is 30.7 Å². The van der Waals surface area contributed by atoms with Gasteiger partial charge in [0.1, 0.15) is 23.3 Å². The van der Waals surface area contributed by atoms with Crippen molar-refractivity contribution in [3.05, 3.63) is 207 Å². The van der Waals surface area contributed by atoms with E-state index in [1.54, 1.807) is 36.4 Å². The smallest absolute Gasteiger partial charge is 0.303 e. The van der Waals surface area contributed by atoms with Gasteiger partial charge in [-0.1, -0.05) is 294 Å². The maximum Gasteiger partial charge on any atom is 0.303 e. The quantitative estimate of drug-likeness (QED) is 0.0182. The molecule has 20 nitrogen and oxygen atoms in total. The van der Waals surface area contributed by atoms with Crippen molar-refractivity contribution < 1.29 is 24.3 Å². The Labute approximate surface area is 793 Å². The molecule has 0 unspecified atom stereocenters. The Kier molecular flexibility index (Phi) is 47.5. The van der Waals surface area contributed by atoms with Crippen molar-refractivity contribution in [3.63, 3.8) is 0 Å². The fraction of sp³-hybridized carbons (Fsp3) is 0.569. The van der Waals surface area contributed by atoms with Gasteiger partial charge in [-0.05, 0) is 204 Å². The Balaban J connectivity index is 0.000000192. The van der Waals surface area contributed by atoms with E-state index in [-0.39, 0.29) is 35.1 Å². The van der Waals surface area contributed by atoms with Crippen molar-refractivity contribution in [1.29, 1.82) is 15.8 Å². The molecule has 6 aliphatic carbocycles. The maximum absolute atomic E-state index is 13.1. The Bertz CT molecular complexity index is 4670. The summed E-state index contributed by atoms with van der Waals surface area (Å²) >= 11 is 12.4. The zero-order chi connectivity index (χ0) is 93.2. The number of benzene rings is 4. The number of halogens is 2. The molecular weight excluding hydrogens is 1670 g/mol. The van der Waals surface area contributed by atoms with E-state index in [4.69, 9.17) is 54.1 Å². The maximum atomic E-state index is 13.1. The van der Waals surface area contributed by atoms with Crippen LogP contribution in [-0.2, 0) is 45.4 Å². The highest BCUT2D eigenvalue weighted by Crippen LogP contribution is 2.36. The number of rotatable bonds is 35. The summed E-state index contributed by atoms with van der Waals surface area (Å²) in [5.74, 6) is 10.2. The monoisotopic (exact) mass is 1820 g/mol. The second kappa shape index (κ2) is 59.4. The first kappa shape index (κ1) is 105. The number of anilines is 3. The number of amides is 3. The number of carboxylic acids is 1. The Morgan fingerprint density at radius 2 is 0.702 bits per heavy atom. The number of carbonyl (C=O) groups is 4. The Hall–Kier alpha value is -10.1. The van der Waals surface area contributed by atoms with E-state index < -0.39 is 5.97 Å². The van der Waals surface area contributed by atoms with Crippen LogP contribution in [0.2, 0.25) is 10.3 Å². The summed E-state index contributed by atoms with van der Waals surface area (Å²) in [4.78, 5) is 66.7. The molecule has 6 fully saturated rings. The molecule has 6 saturated carbocycles. The molecule has 4 atom stereocenters. The zero-order valence-corrected chi connectivity index (χ0v) is 80.9. The molecule has 4 aromatic heterocycles. The molecule has 14 rings (SSSR count). The van der Waals surface area contributed by atoms with Gasteiger partial charge in [-0.3, -0.25) is 19.2 Å².